The van der Waals surface area contributed by atoms with Crippen molar-refractivity contribution >= 4 is 5.91 Å². The number of amides is 1. The minimum Gasteiger partial charge on any atom is -0.344 e. The van der Waals surface area contributed by atoms with Crippen LogP contribution in [0, 0.1) is 0 Å². The molecule has 0 spiro atoms. The third-order valence-corrected chi connectivity index (χ3v) is 3.74. The first-order valence-corrected chi connectivity index (χ1v) is 6.86. The van der Waals surface area contributed by atoms with Gasteiger partial charge in [0.05, 0.1) is 5.54 Å². The third-order valence-electron chi connectivity index (χ3n) is 3.74. The highest BCUT2D eigenvalue weighted by Crippen LogP contribution is 2.21. The first-order chi connectivity index (χ1) is 8.78. The molecular weight excluding hydrogens is 240 g/mol. The molecule has 5 nitrogen and oxygen atoms in total. The molecule has 19 heavy (non-hydrogen) atoms. The highest BCUT2D eigenvalue weighted by molar-refractivity contribution is 5.92. The molecule has 108 valence electrons. The van der Waals surface area contributed by atoms with Crippen molar-refractivity contribution in [2.24, 2.45) is 5.73 Å². The summed E-state index contributed by atoms with van der Waals surface area (Å²) in [5.41, 5.74) is 6.77. The van der Waals surface area contributed by atoms with E-state index < -0.39 is 0 Å². The van der Waals surface area contributed by atoms with Gasteiger partial charge in [0, 0.05) is 17.7 Å². The quantitative estimate of drug-likeness (QED) is 0.761. The van der Waals surface area contributed by atoms with E-state index in [4.69, 9.17) is 5.73 Å². The SMILES string of the molecule is CCC(CC)(CN)NC(=O)c1cc(C(C)(C)C)[nH]n1. The molecule has 1 amide bonds. The molecule has 0 aliphatic carbocycles. The second kappa shape index (κ2) is 5.74. The first-order valence-electron chi connectivity index (χ1n) is 6.86. The molecule has 0 aliphatic heterocycles. The van der Waals surface area contributed by atoms with Gasteiger partial charge in [-0.3, -0.25) is 9.89 Å². The van der Waals surface area contributed by atoms with Crippen molar-refractivity contribution in [2.45, 2.75) is 58.4 Å². The zero-order valence-electron chi connectivity index (χ0n) is 12.6. The number of nitrogens with one attached hydrogen (secondary N) is 2. The summed E-state index contributed by atoms with van der Waals surface area (Å²) in [7, 11) is 0. The summed E-state index contributed by atoms with van der Waals surface area (Å²) in [5, 5.41) is 10.0. The second-order valence-corrected chi connectivity index (χ2v) is 6.06. The van der Waals surface area contributed by atoms with E-state index in [1.165, 1.54) is 0 Å². The van der Waals surface area contributed by atoms with Crippen molar-refractivity contribution in [2.75, 3.05) is 6.54 Å². The van der Waals surface area contributed by atoms with Gasteiger partial charge in [0.15, 0.2) is 0 Å². The Labute approximate surface area is 115 Å². The summed E-state index contributed by atoms with van der Waals surface area (Å²) in [6.07, 6.45) is 1.62. The number of hydrogen-bond acceptors (Lipinski definition) is 3. The van der Waals surface area contributed by atoms with Crippen molar-refractivity contribution in [3.05, 3.63) is 17.5 Å². The van der Waals surface area contributed by atoms with Gasteiger partial charge in [-0.05, 0) is 18.9 Å². The van der Waals surface area contributed by atoms with Gasteiger partial charge in [0.2, 0.25) is 0 Å². The van der Waals surface area contributed by atoms with Gasteiger partial charge in [-0.15, -0.1) is 0 Å². The van der Waals surface area contributed by atoms with Crippen LogP contribution in [0.1, 0.15) is 63.6 Å². The number of H-pyrrole nitrogens is 1. The molecule has 0 atom stereocenters. The van der Waals surface area contributed by atoms with Crippen molar-refractivity contribution in [3.8, 4) is 0 Å². The number of carbonyl (C=O) groups excluding carboxylic acids is 1. The fourth-order valence-electron chi connectivity index (χ4n) is 1.89. The molecule has 0 saturated heterocycles. The van der Waals surface area contributed by atoms with Crippen LogP contribution >= 0.6 is 0 Å². The van der Waals surface area contributed by atoms with Crippen LogP contribution < -0.4 is 11.1 Å². The lowest BCUT2D eigenvalue weighted by atomic mass is 9.91. The van der Waals surface area contributed by atoms with Crippen molar-refractivity contribution in [3.63, 3.8) is 0 Å². The van der Waals surface area contributed by atoms with Crippen LogP contribution in [0.3, 0.4) is 0 Å². The Hall–Kier alpha value is -1.36. The Kier molecular flexibility index (Phi) is 4.74. The van der Waals surface area contributed by atoms with Crippen LogP contribution in [-0.4, -0.2) is 28.2 Å². The Balaban J connectivity index is 2.87. The molecule has 0 unspecified atom stereocenters. The van der Waals surface area contributed by atoms with Gasteiger partial charge >= 0.3 is 0 Å². The lowest BCUT2D eigenvalue weighted by molar-refractivity contribution is 0.0890. The monoisotopic (exact) mass is 266 g/mol. The van der Waals surface area contributed by atoms with Crippen LogP contribution in [0.4, 0.5) is 0 Å². The van der Waals surface area contributed by atoms with Gasteiger partial charge in [0.25, 0.3) is 5.91 Å². The summed E-state index contributed by atoms with van der Waals surface area (Å²) in [6, 6.07) is 1.81. The Morgan fingerprint density at radius 3 is 2.32 bits per heavy atom. The summed E-state index contributed by atoms with van der Waals surface area (Å²) in [6.45, 7) is 10.7. The van der Waals surface area contributed by atoms with Gasteiger partial charge in [-0.25, -0.2) is 0 Å². The minimum atomic E-state index is -0.335. The van der Waals surface area contributed by atoms with Crippen LogP contribution in [0.5, 0.6) is 0 Å². The van der Waals surface area contributed by atoms with Gasteiger partial charge in [-0.2, -0.15) is 5.10 Å². The molecule has 0 fully saturated rings. The van der Waals surface area contributed by atoms with E-state index in [-0.39, 0.29) is 16.9 Å². The van der Waals surface area contributed by atoms with E-state index in [1.54, 1.807) is 0 Å². The Morgan fingerprint density at radius 2 is 1.95 bits per heavy atom. The van der Waals surface area contributed by atoms with Gasteiger partial charge < -0.3 is 11.1 Å². The lowest BCUT2D eigenvalue weighted by Gasteiger charge is -2.31. The largest absolute Gasteiger partial charge is 0.344 e. The maximum atomic E-state index is 12.2. The predicted octanol–water partition coefficient (Wildman–Crippen LogP) is 1.95. The summed E-state index contributed by atoms with van der Waals surface area (Å²) in [5.74, 6) is -0.166. The Morgan fingerprint density at radius 1 is 1.37 bits per heavy atom. The maximum absolute atomic E-state index is 12.2. The molecule has 0 aromatic carbocycles. The van der Waals surface area contributed by atoms with Crippen molar-refractivity contribution < 1.29 is 4.79 Å². The number of aromatic nitrogens is 2. The van der Waals surface area contributed by atoms with Crippen molar-refractivity contribution in [1.82, 2.24) is 15.5 Å². The number of hydrogen-bond donors (Lipinski definition) is 3. The molecule has 5 heteroatoms. The summed E-state index contributed by atoms with van der Waals surface area (Å²) in [4.78, 5) is 12.2. The van der Waals surface area contributed by atoms with Gasteiger partial charge in [-0.1, -0.05) is 34.6 Å². The van der Waals surface area contributed by atoms with Crippen LogP contribution in [0.2, 0.25) is 0 Å². The predicted molar refractivity (Wildman–Crippen MR) is 77.1 cm³/mol. The molecule has 0 aliphatic rings. The highest BCUT2D eigenvalue weighted by Gasteiger charge is 2.28. The molecule has 0 bridgehead atoms. The topological polar surface area (TPSA) is 83.8 Å². The zero-order chi connectivity index (χ0) is 14.7. The molecule has 0 saturated carbocycles. The fraction of sp³-hybridized carbons (Fsp3) is 0.714. The summed E-state index contributed by atoms with van der Waals surface area (Å²) < 4.78 is 0. The standard InChI is InChI=1S/C14H26N4O/c1-6-14(7-2,9-15)16-12(19)10-8-11(18-17-10)13(3,4)5/h8H,6-7,9,15H2,1-5H3,(H,16,19)(H,17,18). The molecule has 0 radical (unpaired) electrons. The molecule has 4 N–H and O–H groups in total. The minimum absolute atomic E-state index is 0.0496. The average Bonchev–Trinajstić information content (AvgIpc) is 2.85. The molecule has 1 aromatic rings. The zero-order valence-corrected chi connectivity index (χ0v) is 12.6. The van der Waals surface area contributed by atoms with E-state index in [0.29, 0.717) is 12.2 Å². The third kappa shape index (κ3) is 3.56. The average molecular weight is 266 g/mol. The van der Waals surface area contributed by atoms with E-state index in [9.17, 15) is 4.79 Å². The second-order valence-electron chi connectivity index (χ2n) is 6.06. The van der Waals surface area contributed by atoms with Crippen LogP contribution in [0.15, 0.2) is 6.07 Å². The maximum Gasteiger partial charge on any atom is 0.272 e. The molecule has 1 aromatic heterocycles. The van der Waals surface area contributed by atoms with E-state index in [1.807, 2.05) is 19.9 Å². The first kappa shape index (κ1) is 15.7. The van der Waals surface area contributed by atoms with E-state index in [0.717, 1.165) is 18.5 Å². The smallest absolute Gasteiger partial charge is 0.272 e. The number of nitrogens with two attached hydrogens (primary N) is 1. The number of aromatic amines is 1. The van der Waals surface area contributed by atoms with Crippen LogP contribution in [-0.2, 0) is 5.41 Å². The Bertz CT molecular complexity index is 419. The normalized spacial score (nSPS) is 12.5. The molecule has 1 heterocycles. The number of nitrogens with zero attached hydrogens (tertiary/aromatic N) is 1. The highest BCUT2D eigenvalue weighted by atomic mass is 16.2. The van der Waals surface area contributed by atoms with E-state index >= 15 is 0 Å². The number of carbonyl (C=O) groups is 1. The lowest BCUT2D eigenvalue weighted by Crippen LogP contribution is -2.52. The molecule has 1 rings (SSSR count). The van der Waals surface area contributed by atoms with Crippen molar-refractivity contribution in [1.29, 1.82) is 0 Å². The van der Waals surface area contributed by atoms with Gasteiger partial charge in [0.1, 0.15) is 5.69 Å². The fourth-order valence-corrected chi connectivity index (χ4v) is 1.89. The number of rotatable bonds is 5. The van der Waals surface area contributed by atoms with Crippen LogP contribution in [0.25, 0.3) is 0 Å². The summed E-state index contributed by atoms with van der Waals surface area (Å²) >= 11 is 0. The molecular formula is C14H26N4O. The van der Waals surface area contributed by atoms with E-state index in [2.05, 4.69) is 36.3 Å².